The van der Waals surface area contributed by atoms with Gasteiger partial charge in [-0.2, -0.15) is 27.1 Å². The van der Waals surface area contributed by atoms with Crippen LogP contribution in [0.25, 0.3) is 5.69 Å². The predicted octanol–water partition coefficient (Wildman–Crippen LogP) is 4.95. The molecule has 0 radical (unpaired) electrons. The van der Waals surface area contributed by atoms with E-state index in [2.05, 4.69) is 9.84 Å². The normalized spacial score (nSPS) is 11.6. The molecular formula is C23H20F5N3O3. The molecule has 0 N–H and O–H groups in total. The number of nitrogens with zero attached hydrogens (tertiary/aromatic N) is 3. The molecule has 6 nitrogen and oxygen atoms in total. The highest BCUT2D eigenvalue weighted by atomic mass is 19.4. The van der Waals surface area contributed by atoms with E-state index in [1.165, 1.54) is 62.0 Å². The molecule has 1 amide bonds. The summed E-state index contributed by atoms with van der Waals surface area (Å²) in [5.41, 5.74) is 0.202. The van der Waals surface area contributed by atoms with Crippen molar-refractivity contribution in [3.05, 3.63) is 76.6 Å². The number of rotatable bonds is 7. The van der Waals surface area contributed by atoms with Crippen LogP contribution in [0.4, 0.5) is 22.0 Å². The Labute approximate surface area is 191 Å². The molecule has 180 valence electrons. The van der Waals surface area contributed by atoms with E-state index < -0.39 is 30.0 Å². The van der Waals surface area contributed by atoms with Crippen LogP contribution in [0.5, 0.6) is 5.75 Å². The maximum atomic E-state index is 13.1. The van der Waals surface area contributed by atoms with Gasteiger partial charge in [0.15, 0.2) is 0 Å². The Kier molecular flexibility index (Phi) is 7.04. The third-order valence-corrected chi connectivity index (χ3v) is 5.05. The summed E-state index contributed by atoms with van der Waals surface area (Å²) in [6.45, 7) is 0.0254. The minimum Gasteiger partial charge on any atom is -0.435 e. The highest BCUT2D eigenvalue weighted by Crippen LogP contribution is 2.31. The lowest BCUT2D eigenvalue weighted by Gasteiger charge is -2.17. The van der Waals surface area contributed by atoms with Crippen molar-refractivity contribution in [2.75, 3.05) is 7.05 Å². The first-order valence-corrected chi connectivity index (χ1v) is 9.96. The number of carbonyl (C=O) groups excluding carboxylic acids is 2. The number of likely N-dealkylation sites (N-methyl/N-ethyl adjacent to an activating group) is 1. The summed E-state index contributed by atoms with van der Waals surface area (Å²) in [5.74, 6) is -1.77. The third-order valence-electron chi connectivity index (χ3n) is 5.05. The molecular weight excluding hydrogens is 461 g/mol. The van der Waals surface area contributed by atoms with Crippen LogP contribution >= 0.6 is 0 Å². The summed E-state index contributed by atoms with van der Waals surface area (Å²) in [6.07, 6.45) is -4.55. The lowest BCUT2D eigenvalue weighted by molar-refractivity contribution is -0.137. The summed E-state index contributed by atoms with van der Waals surface area (Å²) in [5, 5.41) is 4.17. The molecule has 1 heterocycles. The SMILES string of the molecule is Cc1nn(-c2cccc(C(F)(F)F)c2)c(C)c1C(=O)C(=O)N(C)Cc1ccc(OC(F)F)cc1. The number of alkyl halides is 5. The molecule has 3 aromatic rings. The summed E-state index contributed by atoms with van der Waals surface area (Å²) in [6, 6.07) is 10.1. The number of carbonyl (C=O) groups is 2. The van der Waals surface area contributed by atoms with Gasteiger partial charge in [-0.3, -0.25) is 9.59 Å². The average molecular weight is 481 g/mol. The van der Waals surface area contributed by atoms with E-state index in [0.29, 0.717) is 5.56 Å². The highest BCUT2D eigenvalue weighted by Gasteiger charge is 2.31. The maximum Gasteiger partial charge on any atom is 0.416 e. The molecule has 0 aliphatic carbocycles. The molecule has 0 bridgehead atoms. The van der Waals surface area contributed by atoms with Gasteiger partial charge in [0.25, 0.3) is 11.7 Å². The second-order valence-electron chi connectivity index (χ2n) is 7.52. The number of halogens is 5. The van der Waals surface area contributed by atoms with E-state index >= 15 is 0 Å². The predicted molar refractivity (Wildman–Crippen MR) is 112 cm³/mol. The Morgan fingerprint density at radius 1 is 1.09 bits per heavy atom. The number of aromatic nitrogens is 2. The van der Waals surface area contributed by atoms with Crippen LogP contribution < -0.4 is 4.74 Å². The van der Waals surface area contributed by atoms with Gasteiger partial charge in [-0.1, -0.05) is 18.2 Å². The molecule has 2 aromatic carbocycles. The first-order valence-electron chi connectivity index (χ1n) is 9.96. The van der Waals surface area contributed by atoms with Crippen molar-refractivity contribution < 1.29 is 36.3 Å². The first kappa shape index (κ1) is 24.9. The maximum absolute atomic E-state index is 13.1. The topological polar surface area (TPSA) is 64.4 Å². The fraction of sp³-hybridized carbons (Fsp3) is 0.261. The van der Waals surface area contributed by atoms with E-state index in [1.807, 2.05) is 0 Å². The van der Waals surface area contributed by atoms with Crippen molar-refractivity contribution in [2.24, 2.45) is 0 Å². The van der Waals surface area contributed by atoms with Crippen LogP contribution in [-0.4, -0.2) is 40.0 Å². The van der Waals surface area contributed by atoms with Crippen LogP contribution in [0.2, 0.25) is 0 Å². The van der Waals surface area contributed by atoms with Crippen LogP contribution in [0.1, 0.15) is 32.9 Å². The third kappa shape index (κ3) is 5.41. The molecule has 0 aliphatic heterocycles. The highest BCUT2D eigenvalue weighted by molar-refractivity contribution is 6.43. The van der Waals surface area contributed by atoms with Crippen molar-refractivity contribution in [3.63, 3.8) is 0 Å². The molecule has 0 atom stereocenters. The van der Waals surface area contributed by atoms with Crippen LogP contribution in [0.15, 0.2) is 48.5 Å². The molecule has 3 rings (SSSR count). The fourth-order valence-electron chi connectivity index (χ4n) is 3.44. The van der Waals surface area contributed by atoms with Gasteiger partial charge in [0, 0.05) is 13.6 Å². The number of ketones is 1. The first-order chi connectivity index (χ1) is 15.9. The van der Waals surface area contributed by atoms with Gasteiger partial charge < -0.3 is 9.64 Å². The minimum absolute atomic E-state index is 0.00468. The van der Waals surface area contributed by atoms with E-state index in [4.69, 9.17) is 0 Å². The van der Waals surface area contributed by atoms with Crippen molar-refractivity contribution in [1.82, 2.24) is 14.7 Å². The molecule has 1 aromatic heterocycles. The number of Topliss-reactive ketones (excluding diaryl/α,β-unsaturated/α-hetero) is 1. The zero-order chi connectivity index (χ0) is 25.2. The number of benzene rings is 2. The molecule has 0 saturated carbocycles. The van der Waals surface area contributed by atoms with Gasteiger partial charge in [0.05, 0.1) is 28.2 Å². The Morgan fingerprint density at radius 3 is 2.32 bits per heavy atom. The molecule has 0 unspecified atom stereocenters. The second kappa shape index (κ2) is 9.62. The monoisotopic (exact) mass is 481 g/mol. The van der Waals surface area contributed by atoms with Crippen molar-refractivity contribution in [2.45, 2.75) is 33.2 Å². The lowest BCUT2D eigenvalue weighted by atomic mass is 10.1. The number of hydrogen-bond acceptors (Lipinski definition) is 4. The van der Waals surface area contributed by atoms with E-state index in [-0.39, 0.29) is 34.9 Å². The zero-order valence-electron chi connectivity index (χ0n) is 18.4. The molecule has 0 saturated heterocycles. The molecule has 11 heteroatoms. The van der Waals surface area contributed by atoms with Gasteiger partial charge in [-0.15, -0.1) is 0 Å². The minimum atomic E-state index is -4.55. The van der Waals surface area contributed by atoms with E-state index in [9.17, 15) is 31.5 Å². The van der Waals surface area contributed by atoms with Crippen LogP contribution in [0.3, 0.4) is 0 Å². The number of aryl methyl sites for hydroxylation is 1. The number of amides is 1. The molecule has 0 fully saturated rings. The smallest absolute Gasteiger partial charge is 0.416 e. The quantitative estimate of drug-likeness (QED) is 0.272. The number of hydrogen-bond donors (Lipinski definition) is 0. The van der Waals surface area contributed by atoms with Gasteiger partial charge in [0.1, 0.15) is 5.75 Å². The summed E-state index contributed by atoms with van der Waals surface area (Å²) < 4.78 is 69.2. The van der Waals surface area contributed by atoms with Crippen molar-refractivity contribution >= 4 is 11.7 Å². The zero-order valence-corrected chi connectivity index (χ0v) is 18.4. The molecule has 0 aliphatic rings. The van der Waals surface area contributed by atoms with Gasteiger partial charge in [-0.25, -0.2) is 4.68 Å². The Hall–Kier alpha value is -3.76. The Bertz CT molecular complexity index is 1200. The van der Waals surface area contributed by atoms with E-state index in [0.717, 1.165) is 17.0 Å². The fourth-order valence-corrected chi connectivity index (χ4v) is 3.44. The van der Waals surface area contributed by atoms with Gasteiger partial charge >= 0.3 is 12.8 Å². The molecule has 34 heavy (non-hydrogen) atoms. The summed E-state index contributed by atoms with van der Waals surface area (Å²) in [4.78, 5) is 26.8. The van der Waals surface area contributed by atoms with Crippen molar-refractivity contribution in [3.8, 4) is 11.4 Å². The van der Waals surface area contributed by atoms with Crippen molar-refractivity contribution in [1.29, 1.82) is 0 Å². The Balaban J connectivity index is 1.80. The lowest BCUT2D eigenvalue weighted by Crippen LogP contribution is -2.33. The second-order valence-corrected chi connectivity index (χ2v) is 7.52. The summed E-state index contributed by atoms with van der Waals surface area (Å²) >= 11 is 0. The van der Waals surface area contributed by atoms with E-state index in [1.54, 1.807) is 0 Å². The number of ether oxygens (including phenoxy) is 1. The Morgan fingerprint density at radius 2 is 1.74 bits per heavy atom. The van der Waals surface area contributed by atoms with Gasteiger partial charge in [0.2, 0.25) is 0 Å². The summed E-state index contributed by atoms with van der Waals surface area (Å²) in [7, 11) is 1.39. The van der Waals surface area contributed by atoms with Gasteiger partial charge in [-0.05, 0) is 49.7 Å². The standard InChI is InChI=1S/C23H20F5N3O3/c1-13-19(14(2)31(29-13)17-6-4-5-16(11-17)23(26,27)28)20(32)21(33)30(3)12-15-7-9-18(10-8-15)34-22(24)25/h4-11,22H,12H2,1-3H3. The molecule has 0 spiro atoms. The average Bonchev–Trinajstić information content (AvgIpc) is 3.07. The van der Waals surface area contributed by atoms with Crippen LogP contribution in [-0.2, 0) is 17.5 Å². The van der Waals surface area contributed by atoms with Crippen LogP contribution in [0, 0.1) is 13.8 Å². The largest absolute Gasteiger partial charge is 0.435 e.